The molecule has 1 aliphatic heterocycles. The first-order chi connectivity index (χ1) is 10.4. The molecule has 0 aromatic carbocycles. The molecular formula is C13H15N5O4. The maximum absolute atomic E-state index is 10.7. The summed E-state index contributed by atoms with van der Waals surface area (Å²) >= 11 is 0. The van der Waals surface area contributed by atoms with E-state index in [9.17, 15) is 15.3 Å². The number of aliphatic hydroxyl groups is 3. The average molecular weight is 305 g/mol. The van der Waals surface area contributed by atoms with Gasteiger partial charge in [0.05, 0.1) is 12.9 Å². The van der Waals surface area contributed by atoms with Crippen LogP contribution in [-0.4, -0.2) is 58.8 Å². The van der Waals surface area contributed by atoms with E-state index in [1.807, 2.05) is 0 Å². The van der Waals surface area contributed by atoms with E-state index in [4.69, 9.17) is 16.9 Å². The van der Waals surface area contributed by atoms with Gasteiger partial charge in [0, 0.05) is 0 Å². The summed E-state index contributed by atoms with van der Waals surface area (Å²) in [5, 5.41) is 30.4. The van der Waals surface area contributed by atoms with Crippen LogP contribution in [0, 0.1) is 12.3 Å². The van der Waals surface area contributed by atoms with Crippen LogP contribution in [0.25, 0.3) is 11.2 Å². The second kappa shape index (κ2) is 4.62. The minimum Gasteiger partial charge on any atom is -0.393 e. The van der Waals surface area contributed by atoms with Gasteiger partial charge in [-0.3, -0.25) is 4.57 Å². The first-order valence-electron chi connectivity index (χ1n) is 6.47. The molecule has 1 fully saturated rings. The minimum absolute atomic E-state index is 0.163. The molecule has 1 saturated heterocycles. The molecule has 0 amide bonds. The van der Waals surface area contributed by atoms with Crippen LogP contribution in [0.2, 0.25) is 0 Å². The van der Waals surface area contributed by atoms with Gasteiger partial charge in [-0.25, -0.2) is 15.0 Å². The smallest absolute Gasteiger partial charge is 0.199 e. The van der Waals surface area contributed by atoms with Crippen molar-refractivity contribution in [3.05, 3.63) is 12.7 Å². The third-order valence-corrected chi connectivity index (χ3v) is 3.94. The Morgan fingerprint density at radius 1 is 1.50 bits per heavy atom. The number of imidazole rings is 1. The highest BCUT2D eigenvalue weighted by Crippen LogP contribution is 2.44. The molecule has 1 aliphatic rings. The lowest BCUT2D eigenvalue weighted by Crippen LogP contribution is -2.50. The number of ether oxygens (including phenoxy) is 1. The monoisotopic (exact) mass is 305 g/mol. The van der Waals surface area contributed by atoms with Crippen LogP contribution in [0.4, 0.5) is 5.82 Å². The van der Waals surface area contributed by atoms with Crippen LogP contribution in [0.1, 0.15) is 13.2 Å². The normalized spacial score (nSPS) is 34.9. The number of aromatic nitrogens is 4. The van der Waals surface area contributed by atoms with E-state index in [2.05, 4.69) is 20.9 Å². The van der Waals surface area contributed by atoms with E-state index in [0.29, 0.717) is 11.2 Å². The minimum atomic E-state index is -2.06. The van der Waals surface area contributed by atoms with Crippen molar-refractivity contribution >= 4 is 17.0 Å². The Balaban J connectivity index is 2.18. The summed E-state index contributed by atoms with van der Waals surface area (Å²) in [5.41, 5.74) is 2.83. The Morgan fingerprint density at radius 2 is 2.23 bits per heavy atom. The van der Waals surface area contributed by atoms with E-state index in [1.165, 1.54) is 24.1 Å². The van der Waals surface area contributed by atoms with Crippen molar-refractivity contribution in [3.8, 4) is 12.3 Å². The Hall–Kier alpha value is -2.25. The lowest BCUT2D eigenvalue weighted by atomic mass is 9.88. The Kier molecular flexibility index (Phi) is 3.08. The quantitative estimate of drug-likeness (QED) is 0.487. The third kappa shape index (κ3) is 1.72. The van der Waals surface area contributed by atoms with Gasteiger partial charge in [-0.05, 0) is 6.92 Å². The molecule has 2 aromatic rings. The highest BCUT2D eigenvalue weighted by atomic mass is 16.6. The molecule has 22 heavy (non-hydrogen) atoms. The molecule has 5 N–H and O–H groups in total. The van der Waals surface area contributed by atoms with E-state index < -0.39 is 30.1 Å². The number of anilines is 1. The molecule has 4 unspecified atom stereocenters. The summed E-state index contributed by atoms with van der Waals surface area (Å²) < 4.78 is 7.00. The topological polar surface area (TPSA) is 140 Å². The average Bonchev–Trinajstić information content (AvgIpc) is 3.03. The molecule has 9 nitrogen and oxygen atoms in total. The fourth-order valence-electron chi connectivity index (χ4n) is 2.59. The number of nitrogens with zero attached hydrogens (tertiary/aromatic N) is 4. The first kappa shape index (κ1) is 14.7. The van der Waals surface area contributed by atoms with Gasteiger partial charge in [-0.2, -0.15) is 0 Å². The second-order valence-corrected chi connectivity index (χ2v) is 5.40. The van der Waals surface area contributed by atoms with Crippen LogP contribution in [0.15, 0.2) is 12.7 Å². The fourth-order valence-corrected chi connectivity index (χ4v) is 2.59. The van der Waals surface area contributed by atoms with E-state index >= 15 is 0 Å². The summed E-state index contributed by atoms with van der Waals surface area (Å²) in [4.78, 5) is 11.9. The number of aliphatic hydroxyl groups excluding tert-OH is 2. The van der Waals surface area contributed by atoms with E-state index in [-0.39, 0.29) is 5.82 Å². The number of nitrogen functional groups attached to an aromatic ring is 1. The van der Waals surface area contributed by atoms with Crippen LogP contribution in [0.5, 0.6) is 0 Å². The van der Waals surface area contributed by atoms with Crippen molar-refractivity contribution in [3.63, 3.8) is 0 Å². The van der Waals surface area contributed by atoms with E-state index in [1.54, 1.807) is 0 Å². The molecule has 2 aromatic heterocycles. The molecule has 0 radical (unpaired) electrons. The van der Waals surface area contributed by atoms with Crippen LogP contribution >= 0.6 is 0 Å². The van der Waals surface area contributed by atoms with E-state index in [0.717, 1.165) is 0 Å². The number of terminal acetylenes is 1. The molecular weight excluding hydrogens is 290 g/mol. The Labute approximate surface area is 125 Å². The predicted molar refractivity (Wildman–Crippen MR) is 75.1 cm³/mol. The number of hydrogen-bond donors (Lipinski definition) is 4. The van der Waals surface area contributed by atoms with Crippen molar-refractivity contribution in [1.29, 1.82) is 0 Å². The zero-order valence-electron chi connectivity index (χ0n) is 11.7. The Morgan fingerprint density at radius 3 is 2.86 bits per heavy atom. The molecule has 0 spiro atoms. The first-order valence-corrected chi connectivity index (χ1v) is 6.47. The maximum atomic E-state index is 10.7. The molecule has 3 heterocycles. The summed E-state index contributed by atoms with van der Waals surface area (Å²) in [6.45, 7) is 0.918. The molecule has 3 rings (SSSR count). The molecule has 4 atom stereocenters. The summed E-state index contributed by atoms with van der Waals surface area (Å²) in [6.07, 6.45) is 5.27. The SMILES string of the molecule is C#CC1(O)C(n2cnc3c(N)ncnc32)OC(C)(CO)C1O. The molecule has 9 heteroatoms. The van der Waals surface area contributed by atoms with Gasteiger partial charge in [0.1, 0.15) is 23.5 Å². The predicted octanol–water partition coefficient (Wildman–Crippen LogP) is -1.59. The largest absolute Gasteiger partial charge is 0.393 e. The molecule has 0 bridgehead atoms. The van der Waals surface area contributed by atoms with Crippen LogP contribution in [0.3, 0.4) is 0 Å². The second-order valence-electron chi connectivity index (χ2n) is 5.40. The summed E-state index contributed by atoms with van der Waals surface area (Å²) in [7, 11) is 0. The van der Waals surface area contributed by atoms with Crippen molar-refractivity contribution < 1.29 is 20.1 Å². The van der Waals surface area contributed by atoms with Gasteiger partial charge in [0.15, 0.2) is 23.3 Å². The summed E-state index contributed by atoms with van der Waals surface area (Å²) in [6, 6.07) is 0. The Bertz CT molecular complexity index is 771. The molecule has 0 saturated carbocycles. The number of fused-ring (bicyclic) bond motifs is 1. The highest BCUT2D eigenvalue weighted by Gasteiger charge is 2.61. The van der Waals surface area contributed by atoms with Gasteiger partial charge >= 0.3 is 0 Å². The van der Waals surface area contributed by atoms with Gasteiger partial charge in [-0.1, -0.05) is 5.92 Å². The zero-order chi connectivity index (χ0) is 16.1. The van der Waals surface area contributed by atoms with Crippen molar-refractivity contribution in [2.24, 2.45) is 0 Å². The number of nitrogens with two attached hydrogens (primary N) is 1. The van der Waals surface area contributed by atoms with Crippen LogP contribution < -0.4 is 5.73 Å². The lowest BCUT2D eigenvalue weighted by Gasteiger charge is -2.27. The van der Waals surface area contributed by atoms with Crippen molar-refractivity contribution in [1.82, 2.24) is 19.5 Å². The third-order valence-electron chi connectivity index (χ3n) is 3.94. The van der Waals surface area contributed by atoms with Gasteiger partial charge < -0.3 is 25.8 Å². The van der Waals surface area contributed by atoms with Crippen molar-refractivity contribution in [2.45, 2.75) is 30.5 Å². The summed E-state index contributed by atoms with van der Waals surface area (Å²) in [5.74, 6) is 2.31. The van der Waals surface area contributed by atoms with Gasteiger partial charge in [-0.15, -0.1) is 6.42 Å². The molecule has 0 aliphatic carbocycles. The van der Waals surface area contributed by atoms with Gasteiger partial charge in [0.2, 0.25) is 0 Å². The fraction of sp³-hybridized carbons (Fsp3) is 0.462. The highest BCUT2D eigenvalue weighted by molar-refractivity contribution is 5.81. The van der Waals surface area contributed by atoms with Gasteiger partial charge in [0.25, 0.3) is 0 Å². The number of rotatable bonds is 2. The molecule has 116 valence electrons. The standard InChI is InChI=1S/C13H15N5O4/c1-3-13(21)10(20)12(2,4-19)22-11(13)18-6-17-7-8(14)15-5-16-9(7)18/h1,5-6,10-11,19-21H,4H2,2H3,(H2,14,15,16). The zero-order valence-corrected chi connectivity index (χ0v) is 11.7. The number of hydrogen-bond acceptors (Lipinski definition) is 8. The maximum Gasteiger partial charge on any atom is 0.199 e. The lowest BCUT2D eigenvalue weighted by molar-refractivity contribution is -0.117. The van der Waals surface area contributed by atoms with Crippen LogP contribution in [-0.2, 0) is 4.74 Å². The van der Waals surface area contributed by atoms with Crippen molar-refractivity contribution in [2.75, 3.05) is 12.3 Å².